The first kappa shape index (κ1) is 12.9. The molecule has 1 aliphatic heterocycles. The average molecular weight is 289 g/mol. The second-order valence-electron chi connectivity index (χ2n) is 4.50. The van der Waals surface area contributed by atoms with Crippen molar-refractivity contribution in [3.63, 3.8) is 0 Å². The van der Waals surface area contributed by atoms with Crippen molar-refractivity contribution in [2.24, 2.45) is 0 Å². The van der Waals surface area contributed by atoms with E-state index < -0.39 is 0 Å². The van der Waals surface area contributed by atoms with E-state index in [1.54, 1.807) is 17.0 Å². The second-order valence-corrected chi connectivity index (χ2v) is 4.88. The standard InChI is InChI=1S/C15H13ClN2O2/c16-14-7-6-11(10-17-14)15(19)18-8-3-9-20-13-5-2-1-4-12(13)18/h1-2,4-7,10H,3,8-9H2. The van der Waals surface area contributed by atoms with Gasteiger partial charge in [0.05, 0.1) is 17.9 Å². The number of carbonyl (C=O) groups excluding carboxylic acids is 1. The first-order valence-corrected chi connectivity index (χ1v) is 6.79. The third kappa shape index (κ3) is 2.47. The van der Waals surface area contributed by atoms with Gasteiger partial charge in [0.25, 0.3) is 5.91 Å². The van der Waals surface area contributed by atoms with Crippen LogP contribution in [0.15, 0.2) is 42.6 Å². The number of aromatic nitrogens is 1. The van der Waals surface area contributed by atoms with E-state index in [9.17, 15) is 4.79 Å². The fraction of sp³-hybridized carbons (Fsp3) is 0.200. The van der Waals surface area contributed by atoms with Gasteiger partial charge in [-0.2, -0.15) is 0 Å². The number of para-hydroxylation sites is 2. The summed E-state index contributed by atoms with van der Waals surface area (Å²) in [7, 11) is 0. The van der Waals surface area contributed by atoms with Crippen molar-refractivity contribution in [1.29, 1.82) is 0 Å². The van der Waals surface area contributed by atoms with Gasteiger partial charge in [-0.25, -0.2) is 4.98 Å². The van der Waals surface area contributed by atoms with Crippen LogP contribution in [0.5, 0.6) is 5.75 Å². The Morgan fingerprint density at radius 2 is 2.10 bits per heavy atom. The molecule has 0 aliphatic carbocycles. The van der Waals surface area contributed by atoms with Crippen LogP contribution in [0, 0.1) is 0 Å². The highest BCUT2D eigenvalue weighted by molar-refractivity contribution is 6.29. The minimum absolute atomic E-state index is 0.0906. The normalized spacial score (nSPS) is 14.2. The van der Waals surface area contributed by atoms with E-state index in [1.165, 1.54) is 6.20 Å². The summed E-state index contributed by atoms with van der Waals surface area (Å²) >= 11 is 5.75. The van der Waals surface area contributed by atoms with Crippen LogP contribution in [0.1, 0.15) is 16.8 Å². The van der Waals surface area contributed by atoms with E-state index >= 15 is 0 Å². The maximum Gasteiger partial charge on any atom is 0.259 e. The fourth-order valence-electron chi connectivity index (χ4n) is 2.20. The zero-order valence-corrected chi connectivity index (χ0v) is 11.5. The lowest BCUT2D eigenvalue weighted by atomic mass is 10.2. The molecule has 0 spiro atoms. The Labute approximate surface area is 122 Å². The highest BCUT2D eigenvalue weighted by Gasteiger charge is 2.23. The number of fused-ring (bicyclic) bond motifs is 1. The minimum Gasteiger partial charge on any atom is -0.491 e. The lowest BCUT2D eigenvalue weighted by Crippen LogP contribution is -2.31. The van der Waals surface area contributed by atoms with E-state index in [1.807, 2.05) is 24.3 Å². The van der Waals surface area contributed by atoms with Gasteiger partial charge in [-0.15, -0.1) is 0 Å². The Hall–Kier alpha value is -2.07. The Morgan fingerprint density at radius 3 is 2.90 bits per heavy atom. The van der Waals surface area contributed by atoms with Gasteiger partial charge in [-0.3, -0.25) is 4.79 Å². The summed E-state index contributed by atoms with van der Waals surface area (Å²) in [6.45, 7) is 1.23. The summed E-state index contributed by atoms with van der Waals surface area (Å²) in [5.74, 6) is 0.646. The molecule has 2 heterocycles. The number of halogens is 1. The Morgan fingerprint density at radius 1 is 1.25 bits per heavy atom. The molecule has 0 N–H and O–H groups in total. The molecule has 0 radical (unpaired) electrons. The molecule has 0 unspecified atom stereocenters. The largest absolute Gasteiger partial charge is 0.491 e. The molecule has 3 rings (SSSR count). The quantitative estimate of drug-likeness (QED) is 0.757. The van der Waals surface area contributed by atoms with Gasteiger partial charge in [-0.1, -0.05) is 23.7 Å². The maximum absolute atomic E-state index is 12.6. The molecule has 102 valence electrons. The molecule has 20 heavy (non-hydrogen) atoms. The van der Waals surface area contributed by atoms with Gasteiger partial charge in [-0.05, 0) is 30.7 Å². The van der Waals surface area contributed by atoms with E-state index in [0.717, 1.165) is 17.9 Å². The molecule has 4 nitrogen and oxygen atoms in total. The van der Waals surface area contributed by atoms with Gasteiger partial charge < -0.3 is 9.64 Å². The predicted octanol–water partition coefficient (Wildman–Crippen LogP) is 3.16. The number of anilines is 1. The summed E-state index contributed by atoms with van der Waals surface area (Å²) in [5.41, 5.74) is 1.32. The topological polar surface area (TPSA) is 42.4 Å². The Kier molecular flexibility index (Phi) is 3.56. The molecule has 0 atom stereocenters. The van der Waals surface area contributed by atoms with Gasteiger partial charge in [0.15, 0.2) is 0 Å². The van der Waals surface area contributed by atoms with Crippen LogP contribution in [0.2, 0.25) is 5.15 Å². The maximum atomic E-state index is 12.6. The van der Waals surface area contributed by atoms with Gasteiger partial charge in [0.2, 0.25) is 0 Å². The third-order valence-electron chi connectivity index (χ3n) is 3.16. The molecule has 0 fully saturated rings. The molecule has 1 amide bonds. The number of nitrogens with zero attached hydrogens (tertiary/aromatic N) is 2. The molecular weight excluding hydrogens is 276 g/mol. The minimum atomic E-state index is -0.0906. The van der Waals surface area contributed by atoms with Crippen LogP contribution in [0.4, 0.5) is 5.69 Å². The van der Waals surface area contributed by atoms with Crippen LogP contribution in [-0.4, -0.2) is 24.0 Å². The Bertz CT molecular complexity index is 628. The highest BCUT2D eigenvalue weighted by Crippen LogP contribution is 2.31. The van der Waals surface area contributed by atoms with Crippen molar-refractivity contribution >= 4 is 23.2 Å². The predicted molar refractivity (Wildman–Crippen MR) is 77.5 cm³/mol. The van der Waals surface area contributed by atoms with Crippen LogP contribution >= 0.6 is 11.6 Å². The SMILES string of the molecule is O=C(c1ccc(Cl)nc1)N1CCCOc2ccccc21. The average Bonchev–Trinajstić information content (AvgIpc) is 2.69. The number of hydrogen-bond donors (Lipinski definition) is 0. The van der Waals surface area contributed by atoms with Crippen LogP contribution in [0.3, 0.4) is 0 Å². The van der Waals surface area contributed by atoms with Crippen LogP contribution in [-0.2, 0) is 0 Å². The summed E-state index contributed by atoms with van der Waals surface area (Å²) < 4.78 is 5.65. The summed E-state index contributed by atoms with van der Waals surface area (Å²) in [5, 5.41) is 0.376. The molecule has 2 aromatic rings. The summed E-state index contributed by atoms with van der Waals surface area (Å²) in [6, 6.07) is 10.9. The molecule has 0 saturated heterocycles. The molecular formula is C15H13ClN2O2. The van der Waals surface area contributed by atoms with Crippen molar-refractivity contribution in [2.45, 2.75) is 6.42 Å². The van der Waals surface area contributed by atoms with Crippen molar-refractivity contribution in [1.82, 2.24) is 4.98 Å². The number of benzene rings is 1. The number of rotatable bonds is 1. The number of pyridine rings is 1. The number of amides is 1. The summed E-state index contributed by atoms with van der Waals surface area (Å²) in [6.07, 6.45) is 2.29. The molecule has 1 aliphatic rings. The second kappa shape index (κ2) is 5.51. The van der Waals surface area contributed by atoms with Gasteiger partial charge >= 0.3 is 0 Å². The number of carbonyl (C=O) groups is 1. The zero-order chi connectivity index (χ0) is 13.9. The number of hydrogen-bond acceptors (Lipinski definition) is 3. The van der Waals surface area contributed by atoms with Gasteiger partial charge in [0.1, 0.15) is 10.9 Å². The van der Waals surface area contributed by atoms with E-state index in [-0.39, 0.29) is 5.91 Å². The van der Waals surface area contributed by atoms with Gasteiger partial charge in [0, 0.05) is 12.7 Å². The molecule has 0 bridgehead atoms. The smallest absolute Gasteiger partial charge is 0.259 e. The van der Waals surface area contributed by atoms with Crippen LogP contribution in [0.25, 0.3) is 0 Å². The van der Waals surface area contributed by atoms with Crippen LogP contribution < -0.4 is 9.64 Å². The van der Waals surface area contributed by atoms with Crippen molar-refractivity contribution in [3.05, 3.63) is 53.3 Å². The fourth-order valence-corrected chi connectivity index (χ4v) is 2.31. The zero-order valence-electron chi connectivity index (χ0n) is 10.8. The molecule has 1 aromatic heterocycles. The van der Waals surface area contributed by atoms with Crippen molar-refractivity contribution < 1.29 is 9.53 Å². The van der Waals surface area contributed by atoms with E-state index in [2.05, 4.69) is 4.98 Å². The first-order chi connectivity index (χ1) is 9.75. The van der Waals surface area contributed by atoms with E-state index in [0.29, 0.717) is 23.9 Å². The monoisotopic (exact) mass is 288 g/mol. The van der Waals surface area contributed by atoms with Crippen molar-refractivity contribution in [3.8, 4) is 5.75 Å². The Balaban J connectivity index is 1.97. The first-order valence-electron chi connectivity index (χ1n) is 6.41. The molecule has 0 saturated carbocycles. The third-order valence-corrected chi connectivity index (χ3v) is 3.38. The highest BCUT2D eigenvalue weighted by atomic mass is 35.5. The van der Waals surface area contributed by atoms with E-state index in [4.69, 9.17) is 16.3 Å². The lowest BCUT2D eigenvalue weighted by Gasteiger charge is -2.21. The summed E-state index contributed by atoms with van der Waals surface area (Å²) in [4.78, 5) is 18.3. The molecule has 5 heteroatoms. The van der Waals surface area contributed by atoms with Crippen molar-refractivity contribution in [2.75, 3.05) is 18.1 Å². The number of ether oxygens (including phenoxy) is 1. The molecule has 1 aromatic carbocycles. The lowest BCUT2D eigenvalue weighted by molar-refractivity contribution is 0.0987.